The number of methoxy groups -OCH3 is 1. The van der Waals surface area contributed by atoms with Gasteiger partial charge in [-0.2, -0.15) is 0 Å². The first kappa shape index (κ1) is 17.5. The van der Waals surface area contributed by atoms with Gasteiger partial charge in [-0.1, -0.05) is 35.4 Å². The maximum absolute atomic E-state index is 12.7. The van der Waals surface area contributed by atoms with E-state index in [0.29, 0.717) is 21.8 Å². The number of sulfonamides is 1. The van der Waals surface area contributed by atoms with Crippen LogP contribution < -0.4 is 0 Å². The fraction of sp³-hybridized carbons (Fsp3) is 0.167. The van der Waals surface area contributed by atoms with Crippen LogP contribution in [0.5, 0.6) is 0 Å². The van der Waals surface area contributed by atoms with Crippen LogP contribution in [0.15, 0.2) is 47.4 Å². The van der Waals surface area contributed by atoms with Crippen LogP contribution in [0, 0.1) is 6.92 Å². The van der Waals surface area contributed by atoms with E-state index in [1.54, 1.807) is 42.5 Å². The van der Waals surface area contributed by atoms with Crippen molar-refractivity contribution in [2.75, 3.05) is 14.2 Å². The van der Waals surface area contributed by atoms with Crippen LogP contribution in [-0.2, 0) is 19.6 Å². The molecule has 130 valence electrons. The van der Waals surface area contributed by atoms with Crippen LogP contribution in [0.25, 0.3) is 11.3 Å². The van der Waals surface area contributed by atoms with Crippen LogP contribution in [0.1, 0.15) is 16.7 Å². The average molecular weight is 378 g/mol. The number of rotatable bonds is 2. The second-order valence-corrected chi connectivity index (χ2v) is 8.07. The molecular weight excluding hydrogens is 362 g/mol. The van der Waals surface area contributed by atoms with Crippen molar-refractivity contribution in [2.24, 2.45) is 0 Å². The average Bonchev–Trinajstić information content (AvgIpc) is 2.77. The van der Waals surface area contributed by atoms with Crippen LogP contribution in [0.2, 0.25) is 5.02 Å². The number of ether oxygens (including phenoxy) is 1. The fourth-order valence-corrected chi connectivity index (χ4v) is 4.38. The Bertz CT molecular complexity index is 994. The quantitative estimate of drug-likeness (QED) is 0.595. The Labute approximate surface area is 151 Å². The van der Waals surface area contributed by atoms with Gasteiger partial charge in [0.2, 0.25) is 0 Å². The number of fused-ring (bicyclic) bond motifs is 1. The predicted octanol–water partition coefficient (Wildman–Crippen LogP) is 3.32. The smallest absolute Gasteiger partial charge is 0.340 e. The summed E-state index contributed by atoms with van der Waals surface area (Å²) in [4.78, 5) is 12.7. The predicted molar refractivity (Wildman–Crippen MR) is 96.4 cm³/mol. The maximum Gasteiger partial charge on any atom is 0.340 e. The standard InChI is InChI=1S/C18H16ClNO4S/c1-11-4-9-15-14(10-11)17(20(2)25(15,22)23)16(18(21)24-3)12-5-7-13(19)8-6-12/h4-10H,1-3H3/b17-16+. The summed E-state index contributed by atoms with van der Waals surface area (Å²) in [6.07, 6.45) is 0. The highest BCUT2D eigenvalue weighted by Gasteiger charge is 2.39. The first-order chi connectivity index (χ1) is 11.8. The lowest BCUT2D eigenvalue weighted by Gasteiger charge is -2.17. The highest BCUT2D eigenvalue weighted by Crippen LogP contribution is 2.42. The Morgan fingerprint density at radius 1 is 1.12 bits per heavy atom. The van der Waals surface area contributed by atoms with Gasteiger partial charge in [-0.25, -0.2) is 13.2 Å². The minimum atomic E-state index is -3.71. The van der Waals surface area contributed by atoms with Crippen LogP contribution in [0.3, 0.4) is 0 Å². The highest BCUT2D eigenvalue weighted by molar-refractivity contribution is 7.90. The summed E-state index contributed by atoms with van der Waals surface area (Å²) < 4.78 is 31.5. The lowest BCUT2D eigenvalue weighted by Crippen LogP contribution is -2.21. The number of aryl methyl sites for hydroxylation is 1. The molecule has 0 saturated carbocycles. The Kier molecular flexibility index (Phi) is 4.34. The second kappa shape index (κ2) is 6.20. The minimum Gasteiger partial charge on any atom is -0.465 e. The van der Waals surface area contributed by atoms with Gasteiger partial charge < -0.3 is 4.74 Å². The zero-order chi connectivity index (χ0) is 18.4. The van der Waals surface area contributed by atoms with Gasteiger partial charge in [0.05, 0.1) is 23.3 Å². The summed E-state index contributed by atoms with van der Waals surface area (Å²) in [5, 5.41) is 0.515. The zero-order valence-electron chi connectivity index (χ0n) is 13.9. The molecular formula is C18H16ClNO4S. The maximum atomic E-state index is 12.7. The normalized spacial score (nSPS) is 17.2. The summed E-state index contributed by atoms with van der Waals surface area (Å²) >= 11 is 5.93. The molecule has 0 fully saturated rings. The van der Waals surface area contributed by atoms with Crippen molar-refractivity contribution in [3.05, 3.63) is 64.2 Å². The number of halogens is 1. The van der Waals surface area contributed by atoms with Crippen molar-refractivity contribution in [2.45, 2.75) is 11.8 Å². The third-order valence-electron chi connectivity index (χ3n) is 4.10. The molecule has 0 N–H and O–H groups in total. The number of hydrogen-bond donors (Lipinski definition) is 0. The molecule has 0 aromatic heterocycles. The summed E-state index contributed by atoms with van der Waals surface area (Å²) in [6, 6.07) is 11.6. The van der Waals surface area contributed by atoms with Crippen LogP contribution >= 0.6 is 11.6 Å². The number of carbonyl (C=O) groups excluding carboxylic acids is 1. The molecule has 1 aliphatic heterocycles. The molecule has 2 aromatic rings. The molecule has 0 spiro atoms. The minimum absolute atomic E-state index is 0.172. The molecule has 0 saturated heterocycles. The third-order valence-corrected chi connectivity index (χ3v) is 6.17. The van der Waals surface area contributed by atoms with Gasteiger partial charge in [0.25, 0.3) is 10.0 Å². The van der Waals surface area contributed by atoms with Crippen LogP contribution in [0.4, 0.5) is 0 Å². The van der Waals surface area contributed by atoms with Gasteiger partial charge in [0.15, 0.2) is 0 Å². The van der Waals surface area contributed by atoms with Gasteiger partial charge in [-0.15, -0.1) is 0 Å². The van der Waals surface area contributed by atoms with E-state index in [2.05, 4.69) is 0 Å². The molecule has 0 radical (unpaired) electrons. The van der Waals surface area contributed by atoms with E-state index in [9.17, 15) is 13.2 Å². The van der Waals surface area contributed by atoms with E-state index in [-0.39, 0.29) is 10.5 Å². The molecule has 0 bridgehead atoms. The Balaban J connectivity index is 2.40. The molecule has 7 heteroatoms. The fourth-order valence-electron chi connectivity index (χ4n) is 2.85. The lowest BCUT2D eigenvalue weighted by atomic mass is 9.98. The van der Waals surface area contributed by atoms with Crippen molar-refractivity contribution in [1.29, 1.82) is 0 Å². The van der Waals surface area contributed by atoms with Gasteiger partial charge >= 0.3 is 5.97 Å². The van der Waals surface area contributed by atoms with Crippen molar-refractivity contribution in [3.63, 3.8) is 0 Å². The SMILES string of the molecule is COC(=O)/C(=C1\c2cc(C)ccc2S(=O)(=O)N1C)c1ccc(Cl)cc1. The van der Waals surface area contributed by atoms with Gasteiger partial charge in [-0.3, -0.25) is 4.31 Å². The number of carbonyl (C=O) groups is 1. The highest BCUT2D eigenvalue weighted by atomic mass is 35.5. The topological polar surface area (TPSA) is 63.7 Å². The van der Waals surface area contributed by atoms with Crippen molar-refractivity contribution < 1.29 is 17.9 Å². The number of nitrogens with zero attached hydrogens (tertiary/aromatic N) is 1. The molecule has 25 heavy (non-hydrogen) atoms. The summed E-state index contributed by atoms with van der Waals surface area (Å²) in [5.74, 6) is -0.617. The molecule has 2 aromatic carbocycles. The molecule has 0 amide bonds. The first-order valence-corrected chi connectivity index (χ1v) is 9.27. The molecule has 5 nitrogen and oxygen atoms in total. The van der Waals surface area contributed by atoms with Crippen molar-refractivity contribution in [3.8, 4) is 0 Å². The Morgan fingerprint density at radius 3 is 2.36 bits per heavy atom. The number of esters is 1. The number of benzene rings is 2. The summed E-state index contributed by atoms with van der Waals surface area (Å²) in [6.45, 7) is 1.86. The summed E-state index contributed by atoms with van der Waals surface area (Å²) in [7, 11) is -1.02. The van der Waals surface area contributed by atoms with Gasteiger partial charge in [-0.05, 0) is 36.8 Å². The zero-order valence-corrected chi connectivity index (χ0v) is 15.5. The molecule has 1 heterocycles. The molecule has 0 unspecified atom stereocenters. The first-order valence-electron chi connectivity index (χ1n) is 7.46. The van der Waals surface area contributed by atoms with E-state index >= 15 is 0 Å². The van der Waals surface area contributed by atoms with Gasteiger partial charge in [0, 0.05) is 17.6 Å². The van der Waals surface area contributed by atoms with E-state index in [1.165, 1.54) is 14.2 Å². The summed E-state index contributed by atoms with van der Waals surface area (Å²) in [5.41, 5.74) is 2.38. The molecule has 1 aliphatic rings. The molecule has 0 atom stereocenters. The largest absolute Gasteiger partial charge is 0.465 e. The van der Waals surface area contributed by atoms with E-state index in [1.807, 2.05) is 6.92 Å². The molecule has 3 rings (SSSR count). The molecule has 0 aliphatic carbocycles. The Hall–Kier alpha value is -2.31. The second-order valence-electron chi connectivity index (χ2n) is 5.69. The number of hydrogen-bond acceptors (Lipinski definition) is 4. The lowest BCUT2D eigenvalue weighted by molar-refractivity contribution is -0.133. The van der Waals surface area contributed by atoms with E-state index in [0.717, 1.165) is 9.87 Å². The van der Waals surface area contributed by atoms with E-state index < -0.39 is 16.0 Å². The van der Waals surface area contributed by atoms with Gasteiger partial charge in [0.1, 0.15) is 0 Å². The van der Waals surface area contributed by atoms with Crippen LogP contribution in [-0.4, -0.2) is 32.8 Å². The monoisotopic (exact) mass is 377 g/mol. The van der Waals surface area contributed by atoms with Crippen molar-refractivity contribution in [1.82, 2.24) is 4.31 Å². The van der Waals surface area contributed by atoms with Crippen molar-refractivity contribution >= 4 is 38.9 Å². The van der Waals surface area contributed by atoms with E-state index in [4.69, 9.17) is 16.3 Å². The Morgan fingerprint density at radius 2 is 1.76 bits per heavy atom. The third kappa shape index (κ3) is 2.81.